The third-order valence-electron chi connectivity index (χ3n) is 3.84. The van der Waals surface area contributed by atoms with Crippen molar-refractivity contribution >= 4 is 33.2 Å². The first kappa shape index (κ1) is 20.2. The fourth-order valence-corrected chi connectivity index (χ4v) is 3.30. The minimum absolute atomic E-state index is 0.0305. The number of carbonyl (C=O) groups is 1. The van der Waals surface area contributed by atoms with Crippen molar-refractivity contribution in [2.75, 3.05) is 25.3 Å². The van der Waals surface area contributed by atoms with Gasteiger partial charge in [-0.2, -0.15) is 0 Å². The van der Waals surface area contributed by atoms with E-state index in [0.717, 1.165) is 6.26 Å². The first-order valence-corrected chi connectivity index (χ1v) is 10.1. The summed E-state index contributed by atoms with van der Waals surface area (Å²) < 4.78 is 31.0. The van der Waals surface area contributed by atoms with Gasteiger partial charge in [0.25, 0.3) is 0 Å². The largest absolute Gasteiger partial charge is 0.497 e. The van der Waals surface area contributed by atoms with Gasteiger partial charge in [0.1, 0.15) is 5.75 Å². The fourth-order valence-electron chi connectivity index (χ4n) is 2.44. The standard InChI is InChI=1S/C18H21ClN2O4S/c1-21(15-8-10-16(25-2)11-9-15)18(22)12-17(20-26(3,23)24)13-4-6-14(19)7-5-13/h4-11,17,20H,12H2,1-3H3/t17-/m0/s1. The lowest BCUT2D eigenvalue weighted by Gasteiger charge is -2.22. The van der Waals surface area contributed by atoms with Crippen molar-refractivity contribution in [1.29, 1.82) is 0 Å². The van der Waals surface area contributed by atoms with E-state index in [1.165, 1.54) is 4.90 Å². The van der Waals surface area contributed by atoms with Crippen LogP contribution in [-0.4, -0.2) is 34.7 Å². The second-order valence-electron chi connectivity index (χ2n) is 5.85. The molecule has 0 heterocycles. The summed E-state index contributed by atoms with van der Waals surface area (Å²) in [5.74, 6) is 0.457. The van der Waals surface area contributed by atoms with Crippen LogP contribution in [0.25, 0.3) is 0 Å². The summed E-state index contributed by atoms with van der Waals surface area (Å²) in [5.41, 5.74) is 1.35. The average Bonchev–Trinajstić information content (AvgIpc) is 2.60. The molecule has 0 saturated carbocycles. The Bertz CT molecular complexity index is 852. The van der Waals surface area contributed by atoms with Crippen LogP contribution in [0.2, 0.25) is 5.02 Å². The summed E-state index contributed by atoms with van der Waals surface area (Å²) in [7, 11) is -0.288. The van der Waals surface area contributed by atoms with Gasteiger partial charge in [0.2, 0.25) is 15.9 Å². The topological polar surface area (TPSA) is 75.7 Å². The molecule has 0 fully saturated rings. The molecule has 2 aromatic carbocycles. The van der Waals surface area contributed by atoms with E-state index in [1.54, 1.807) is 62.7 Å². The molecule has 0 saturated heterocycles. The number of halogens is 1. The number of benzene rings is 2. The number of hydrogen-bond acceptors (Lipinski definition) is 4. The molecule has 0 spiro atoms. The summed E-state index contributed by atoms with van der Waals surface area (Å²) in [6.07, 6.45) is 1.03. The predicted molar refractivity (Wildman–Crippen MR) is 103 cm³/mol. The average molecular weight is 397 g/mol. The van der Waals surface area contributed by atoms with Gasteiger partial charge in [-0.1, -0.05) is 23.7 Å². The number of hydrogen-bond donors (Lipinski definition) is 1. The van der Waals surface area contributed by atoms with Crippen LogP contribution < -0.4 is 14.4 Å². The highest BCUT2D eigenvalue weighted by Gasteiger charge is 2.22. The van der Waals surface area contributed by atoms with Gasteiger partial charge in [-0.25, -0.2) is 13.1 Å². The van der Waals surface area contributed by atoms with E-state index in [4.69, 9.17) is 16.3 Å². The van der Waals surface area contributed by atoms with Gasteiger partial charge in [0.15, 0.2) is 0 Å². The Balaban J connectivity index is 2.20. The van der Waals surface area contributed by atoms with E-state index >= 15 is 0 Å². The van der Waals surface area contributed by atoms with Gasteiger partial charge in [-0.05, 0) is 42.0 Å². The molecule has 6 nitrogen and oxygen atoms in total. The monoisotopic (exact) mass is 396 g/mol. The number of nitrogens with one attached hydrogen (secondary N) is 1. The van der Waals surface area contributed by atoms with E-state index in [-0.39, 0.29) is 12.3 Å². The quantitative estimate of drug-likeness (QED) is 0.780. The predicted octanol–water partition coefficient (Wildman–Crippen LogP) is 2.99. The Hall–Kier alpha value is -2.09. The molecule has 8 heteroatoms. The maximum Gasteiger partial charge on any atom is 0.228 e. The van der Waals surface area contributed by atoms with Crippen molar-refractivity contribution in [3.05, 3.63) is 59.1 Å². The molecule has 0 aliphatic heterocycles. The zero-order valence-electron chi connectivity index (χ0n) is 14.8. The first-order chi connectivity index (χ1) is 12.2. The van der Waals surface area contributed by atoms with Gasteiger partial charge in [-0.15, -0.1) is 0 Å². The molecule has 0 aromatic heterocycles. The summed E-state index contributed by atoms with van der Waals surface area (Å²) in [5, 5.41) is 0.536. The second kappa shape index (κ2) is 8.53. The van der Waals surface area contributed by atoms with Gasteiger partial charge >= 0.3 is 0 Å². The van der Waals surface area contributed by atoms with Crippen LogP contribution in [-0.2, 0) is 14.8 Å². The number of sulfonamides is 1. The molecule has 140 valence electrons. The molecule has 1 atom stereocenters. The van der Waals surface area contributed by atoms with Crippen molar-refractivity contribution in [2.24, 2.45) is 0 Å². The number of methoxy groups -OCH3 is 1. The van der Waals surface area contributed by atoms with E-state index in [1.807, 2.05) is 0 Å². The van der Waals surface area contributed by atoms with Crippen molar-refractivity contribution in [3.8, 4) is 5.75 Å². The molecule has 26 heavy (non-hydrogen) atoms. The second-order valence-corrected chi connectivity index (χ2v) is 8.07. The summed E-state index contributed by atoms with van der Waals surface area (Å²) >= 11 is 5.89. The normalized spacial score (nSPS) is 12.5. The third kappa shape index (κ3) is 5.72. The SMILES string of the molecule is COc1ccc(N(C)C(=O)C[C@H](NS(C)(=O)=O)c2ccc(Cl)cc2)cc1. The van der Waals surface area contributed by atoms with E-state index in [9.17, 15) is 13.2 Å². The third-order valence-corrected chi connectivity index (χ3v) is 4.81. The number of amides is 1. The highest BCUT2D eigenvalue weighted by atomic mass is 35.5. The molecule has 2 rings (SSSR count). The molecule has 0 bridgehead atoms. The fraction of sp³-hybridized carbons (Fsp3) is 0.278. The highest BCUT2D eigenvalue weighted by molar-refractivity contribution is 7.88. The Morgan fingerprint density at radius 2 is 1.73 bits per heavy atom. The Labute approximate surface area is 158 Å². The number of anilines is 1. The van der Waals surface area contributed by atoms with Crippen molar-refractivity contribution in [2.45, 2.75) is 12.5 Å². The Kier molecular flexibility index (Phi) is 6.63. The molecule has 0 radical (unpaired) electrons. The summed E-state index contributed by atoms with van der Waals surface area (Å²) in [4.78, 5) is 14.1. The van der Waals surface area contributed by atoms with Crippen molar-refractivity contribution in [1.82, 2.24) is 4.72 Å². The Morgan fingerprint density at radius 1 is 1.15 bits per heavy atom. The molecule has 2 aromatic rings. The van der Waals surface area contributed by atoms with Crippen LogP contribution in [0.4, 0.5) is 5.69 Å². The van der Waals surface area contributed by atoms with Gasteiger partial charge < -0.3 is 9.64 Å². The zero-order valence-corrected chi connectivity index (χ0v) is 16.3. The van der Waals surface area contributed by atoms with Gasteiger partial charge in [0, 0.05) is 24.2 Å². The van der Waals surface area contributed by atoms with Crippen LogP contribution in [0.15, 0.2) is 48.5 Å². The number of rotatable bonds is 7. The van der Waals surface area contributed by atoms with Crippen LogP contribution >= 0.6 is 11.6 Å². The van der Waals surface area contributed by atoms with Crippen LogP contribution in [0, 0.1) is 0 Å². The summed E-state index contributed by atoms with van der Waals surface area (Å²) in [6.45, 7) is 0. The smallest absolute Gasteiger partial charge is 0.228 e. The van der Waals surface area contributed by atoms with Crippen molar-refractivity contribution in [3.63, 3.8) is 0 Å². The van der Waals surface area contributed by atoms with Crippen LogP contribution in [0.1, 0.15) is 18.0 Å². The highest BCUT2D eigenvalue weighted by Crippen LogP contribution is 2.24. The van der Waals surface area contributed by atoms with Crippen LogP contribution in [0.5, 0.6) is 5.75 Å². The van der Waals surface area contributed by atoms with Gasteiger partial charge in [0.05, 0.1) is 19.4 Å². The van der Waals surface area contributed by atoms with E-state index in [0.29, 0.717) is 22.0 Å². The molecular formula is C18H21ClN2O4S. The van der Waals surface area contributed by atoms with Gasteiger partial charge in [-0.3, -0.25) is 4.79 Å². The molecule has 1 amide bonds. The lowest BCUT2D eigenvalue weighted by atomic mass is 10.0. The minimum atomic E-state index is -3.50. The zero-order chi connectivity index (χ0) is 19.3. The van der Waals surface area contributed by atoms with Crippen LogP contribution in [0.3, 0.4) is 0 Å². The molecule has 0 unspecified atom stereocenters. The maximum atomic E-state index is 12.7. The minimum Gasteiger partial charge on any atom is -0.497 e. The molecule has 0 aliphatic carbocycles. The van der Waals surface area contributed by atoms with Crippen molar-refractivity contribution < 1.29 is 17.9 Å². The lowest BCUT2D eigenvalue weighted by molar-refractivity contribution is -0.118. The lowest BCUT2D eigenvalue weighted by Crippen LogP contribution is -2.34. The van der Waals surface area contributed by atoms with E-state index in [2.05, 4.69) is 4.72 Å². The summed E-state index contributed by atoms with van der Waals surface area (Å²) in [6, 6.07) is 13.1. The number of carbonyl (C=O) groups excluding carboxylic acids is 1. The number of ether oxygens (including phenoxy) is 1. The Morgan fingerprint density at radius 3 is 2.23 bits per heavy atom. The molecule has 0 aliphatic rings. The van der Waals surface area contributed by atoms with E-state index < -0.39 is 16.1 Å². The maximum absolute atomic E-state index is 12.7. The molecule has 1 N–H and O–H groups in total. The molecular weight excluding hydrogens is 376 g/mol. The number of nitrogens with zero attached hydrogens (tertiary/aromatic N) is 1. The first-order valence-electron chi connectivity index (χ1n) is 7.83.